The molecular formula is C11H20ClN3. The van der Waals surface area contributed by atoms with Gasteiger partial charge in [-0.15, -0.1) is 0 Å². The van der Waals surface area contributed by atoms with Crippen LogP contribution in [-0.4, -0.2) is 9.78 Å². The Kier molecular flexibility index (Phi) is 4.61. The zero-order chi connectivity index (χ0) is 11.4. The van der Waals surface area contributed by atoms with Gasteiger partial charge in [0.2, 0.25) is 0 Å². The van der Waals surface area contributed by atoms with E-state index in [9.17, 15) is 0 Å². The average molecular weight is 230 g/mol. The van der Waals surface area contributed by atoms with E-state index in [1.54, 1.807) is 6.20 Å². The van der Waals surface area contributed by atoms with Gasteiger partial charge < -0.3 is 5.73 Å². The van der Waals surface area contributed by atoms with Gasteiger partial charge in [-0.05, 0) is 19.3 Å². The maximum atomic E-state index is 6.15. The molecule has 0 aliphatic rings. The van der Waals surface area contributed by atoms with Crippen molar-refractivity contribution in [2.75, 3.05) is 0 Å². The summed E-state index contributed by atoms with van der Waals surface area (Å²) < 4.78 is 1.88. The molecule has 15 heavy (non-hydrogen) atoms. The highest BCUT2D eigenvalue weighted by Crippen LogP contribution is 2.26. The van der Waals surface area contributed by atoms with Gasteiger partial charge in [-0.25, -0.2) is 0 Å². The Morgan fingerprint density at radius 2 is 2.20 bits per heavy atom. The van der Waals surface area contributed by atoms with Crippen molar-refractivity contribution in [1.29, 1.82) is 0 Å². The zero-order valence-corrected chi connectivity index (χ0v) is 10.5. The second kappa shape index (κ2) is 5.52. The summed E-state index contributed by atoms with van der Waals surface area (Å²) >= 11 is 6.08. The van der Waals surface area contributed by atoms with Gasteiger partial charge in [0, 0.05) is 12.6 Å². The number of aromatic nitrogens is 2. The fraction of sp³-hybridized carbons (Fsp3) is 0.727. The summed E-state index contributed by atoms with van der Waals surface area (Å²) in [6.07, 6.45) is 3.78. The van der Waals surface area contributed by atoms with E-state index >= 15 is 0 Å². The first kappa shape index (κ1) is 12.5. The Morgan fingerprint density at radius 3 is 2.73 bits per heavy atom. The fourth-order valence-electron chi connectivity index (χ4n) is 1.70. The topological polar surface area (TPSA) is 43.8 Å². The summed E-state index contributed by atoms with van der Waals surface area (Å²) in [5, 5.41) is 4.88. The summed E-state index contributed by atoms with van der Waals surface area (Å²) in [6, 6.07) is -0.00472. The lowest BCUT2D eigenvalue weighted by atomic mass is 9.98. The van der Waals surface area contributed by atoms with E-state index in [1.165, 1.54) is 0 Å². The van der Waals surface area contributed by atoms with Gasteiger partial charge in [0.1, 0.15) is 0 Å². The number of halogens is 1. The molecule has 0 saturated heterocycles. The molecule has 1 aromatic rings. The molecule has 86 valence electrons. The van der Waals surface area contributed by atoms with Crippen LogP contribution in [0.15, 0.2) is 6.20 Å². The molecule has 0 amide bonds. The highest BCUT2D eigenvalue weighted by molar-refractivity contribution is 6.31. The molecule has 0 spiro atoms. The Morgan fingerprint density at radius 1 is 1.53 bits per heavy atom. The van der Waals surface area contributed by atoms with E-state index in [0.29, 0.717) is 10.9 Å². The molecule has 0 aliphatic carbocycles. The normalized spacial score (nSPS) is 15.3. The van der Waals surface area contributed by atoms with E-state index in [4.69, 9.17) is 17.3 Å². The number of hydrogen-bond donors (Lipinski definition) is 1. The van der Waals surface area contributed by atoms with Gasteiger partial charge in [0.25, 0.3) is 0 Å². The number of rotatable bonds is 5. The zero-order valence-electron chi connectivity index (χ0n) is 9.70. The Hall–Kier alpha value is -0.540. The summed E-state index contributed by atoms with van der Waals surface area (Å²) in [5.41, 5.74) is 7.12. The van der Waals surface area contributed by atoms with E-state index in [2.05, 4.69) is 18.9 Å². The lowest BCUT2D eigenvalue weighted by Crippen LogP contribution is -2.18. The molecule has 0 radical (unpaired) electrons. The molecule has 0 bridgehead atoms. The van der Waals surface area contributed by atoms with E-state index in [0.717, 1.165) is 25.1 Å². The maximum Gasteiger partial charge on any atom is 0.0834 e. The van der Waals surface area contributed by atoms with Gasteiger partial charge in [-0.1, -0.05) is 31.9 Å². The molecule has 2 N–H and O–H groups in total. The van der Waals surface area contributed by atoms with Gasteiger partial charge in [0.15, 0.2) is 0 Å². The van der Waals surface area contributed by atoms with Crippen LogP contribution in [0.4, 0.5) is 0 Å². The van der Waals surface area contributed by atoms with Crippen molar-refractivity contribution in [1.82, 2.24) is 9.78 Å². The first-order valence-electron chi connectivity index (χ1n) is 5.56. The number of nitrogens with two attached hydrogens (primary N) is 1. The third-order valence-electron chi connectivity index (χ3n) is 2.84. The van der Waals surface area contributed by atoms with Crippen LogP contribution in [-0.2, 0) is 6.54 Å². The average Bonchev–Trinajstić information content (AvgIpc) is 2.59. The smallest absolute Gasteiger partial charge is 0.0834 e. The van der Waals surface area contributed by atoms with E-state index < -0.39 is 0 Å². The first-order chi connectivity index (χ1) is 7.10. The Balaban J connectivity index is 2.80. The molecule has 0 aromatic carbocycles. The third kappa shape index (κ3) is 2.95. The van der Waals surface area contributed by atoms with Crippen LogP contribution in [0.3, 0.4) is 0 Å². The van der Waals surface area contributed by atoms with Crippen LogP contribution in [0.1, 0.15) is 45.3 Å². The van der Waals surface area contributed by atoms with Gasteiger partial charge in [-0.3, -0.25) is 4.68 Å². The van der Waals surface area contributed by atoms with Crippen molar-refractivity contribution in [3.8, 4) is 0 Å². The quantitative estimate of drug-likeness (QED) is 0.844. The molecular weight excluding hydrogens is 210 g/mol. The number of nitrogens with zero attached hydrogens (tertiary/aromatic N) is 2. The molecule has 2 unspecified atom stereocenters. The predicted octanol–water partition coefficient (Wildman–Crippen LogP) is 2.99. The minimum Gasteiger partial charge on any atom is -0.323 e. The van der Waals surface area contributed by atoms with Gasteiger partial charge >= 0.3 is 0 Å². The molecule has 1 rings (SSSR count). The predicted molar refractivity (Wildman–Crippen MR) is 63.9 cm³/mol. The number of hydrogen-bond acceptors (Lipinski definition) is 2. The minimum atomic E-state index is -0.00472. The second-order valence-corrected chi connectivity index (χ2v) is 4.46. The molecule has 2 atom stereocenters. The van der Waals surface area contributed by atoms with Crippen molar-refractivity contribution >= 4 is 11.6 Å². The fourth-order valence-corrected chi connectivity index (χ4v) is 1.99. The summed E-state index contributed by atoms with van der Waals surface area (Å²) in [4.78, 5) is 0. The molecule has 3 nitrogen and oxygen atoms in total. The third-order valence-corrected chi connectivity index (χ3v) is 3.13. The second-order valence-electron chi connectivity index (χ2n) is 4.05. The van der Waals surface area contributed by atoms with Crippen molar-refractivity contribution in [2.45, 2.75) is 46.2 Å². The molecule has 0 aliphatic heterocycles. The molecule has 1 heterocycles. The molecule has 0 saturated carbocycles. The van der Waals surface area contributed by atoms with Crippen molar-refractivity contribution < 1.29 is 0 Å². The lowest BCUT2D eigenvalue weighted by Gasteiger charge is -2.17. The van der Waals surface area contributed by atoms with Gasteiger partial charge in [-0.2, -0.15) is 5.10 Å². The van der Waals surface area contributed by atoms with Crippen molar-refractivity contribution in [2.24, 2.45) is 11.7 Å². The van der Waals surface area contributed by atoms with Crippen molar-refractivity contribution in [3.05, 3.63) is 16.9 Å². The minimum absolute atomic E-state index is 0.00472. The van der Waals surface area contributed by atoms with Crippen LogP contribution in [0.25, 0.3) is 0 Å². The summed E-state index contributed by atoms with van der Waals surface area (Å²) in [6.45, 7) is 7.25. The monoisotopic (exact) mass is 229 g/mol. The van der Waals surface area contributed by atoms with Crippen LogP contribution in [0.5, 0.6) is 0 Å². The SMILES string of the molecule is CCC(C)CC(N)c1c(Cl)cnn1CC. The van der Waals surface area contributed by atoms with E-state index in [1.807, 2.05) is 11.6 Å². The highest BCUT2D eigenvalue weighted by atomic mass is 35.5. The molecule has 4 heteroatoms. The molecule has 0 fully saturated rings. The molecule has 1 aromatic heterocycles. The van der Waals surface area contributed by atoms with Crippen LogP contribution < -0.4 is 5.73 Å². The lowest BCUT2D eigenvalue weighted by molar-refractivity contribution is 0.439. The Labute approximate surface area is 96.6 Å². The maximum absolute atomic E-state index is 6.15. The summed E-state index contributed by atoms with van der Waals surface area (Å²) in [5.74, 6) is 0.622. The van der Waals surface area contributed by atoms with Crippen LogP contribution in [0, 0.1) is 5.92 Å². The van der Waals surface area contributed by atoms with Gasteiger partial charge in [0.05, 0.1) is 16.9 Å². The van der Waals surface area contributed by atoms with Crippen LogP contribution >= 0.6 is 11.6 Å². The number of aryl methyl sites for hydroxylation is 1. The van der Waals surface area contributed by atoms with E-state index in [-0.39, 0.29) is 6.04 Å². The Bertz CT molecular complexity index is 309. The summed E-state index contributed by atoms with van der Waals surface area (Å²) in [7, 11) is 0. The largest absolute Gasteiger partial charge is 0.323 e. The van der Waals surface area contributed by atoms with Crippen LogP contribution in [0.2, 0.25) is 5.02 Å². The first-order valence-corrected chi connectivity index (χ1v) is 5.94. The van der Waals surface area contributed by atoms with Crippen molar-refractivity contribution in [3.63, 3.8) is 0 Å². The highest BCUT2D eigenvalue weighted by Gasteiger charge is 2.17. The standard InChI is InChI=1S/C11H20ClN3/c1-4-8(3)6-10(13)11-9(12)7-14-15(11)5-2/h7-8,10H,4-6,13H2,1-3H3.